The minimum absolute atomic E-state index is 0.0572. The van der Waals surface area contributed by atoms with E-state index in [4.69, 9.17) is 5.73 Å². The van der Waals surface area contributed by atoms with Crippen LogP contribution >= 0.6 is 0 Å². The van der Waals surface area contributed by atoms with Gasteiger partial charge in [0.05, 0.1) is 23.5 Å². The predicted molar refractivity (Wildman–Crippen MR) is 104 cm³/mol. The highest BCUT2D eigenvalue weighted by atomic mass is 19.3. The van der Waals surface area contributed by atoms with Crippen LogP contribution < -0.4 is 5.73 Å². The molecule has 4 heterocycles. The van der Waals surface area contributed by atoms with E-state index in [2.05, 4.69) is 15.0 Å². The number of carbonyl (C=O) groups excluding carboxylic acids is 1. The van der Waals surface area contributed by atoms with E-state index in [1.165, 1.54) is 6.07 Å². The molecule has 0 aliphatic heterocycles. The number of nitrogens with zero attached hydrogens (tertiary/aromatic N) is 4. The van der Waals surface area contributed by atoms with Gasteiger partial charge in [0.25, 0.3) is 6.43 Å². The molecule has 4 rings (SSSR count). The first kappa shape index (κ1) is 18.7. The number of imidazole rings is 1. The van der Waals surface area contributed by atoms with E-state index in [0.29, 0.717) is 22.7 Å². The normalized spacial score (nSPS) is 11.3. The average Bonchev–Trinajstić information content (AvgIpc) is 3.09. The fraction of sp³-hybridized carbons (Fsp3) is 0.143. The molecule has 6 nitrogen and oxygen atoms in total. The zero-order chi connectivity index (χ0) is 20.5. The van der Waals surface area contributed by atoms with Crippen molar-refractivity contribution in [1.29, 1.82) is 0 Å². The molecule has 0 aromatic carbocycles. The molecular weight excluding hydrogens is 376 g/mol. The zero-order valence-electron chi connectivity index (χ0n) is 15.5. The van der Waals surface area contributed by atoms with Gasteiger partial charge in [-0.2, -0.15) is 0 Å². The van der Waals surface area contributed by atoms with Crippen molar-refractivity contribution in [1.82, 2.24) is 19.4 Å². The maximum absolute atomic E-state index is 13.1. The molecule has 0 saturated heterocycles. The maximum atomic E-state index is 13.1. The SMILES string of the molecule is Cc1ccc(-c2ccc3ncc(CC(N)=O)n3c2)c(-c2cccc(C(F)F)n2)n1. The molecule has 0 bridgehead atoms. The van der Waals surface area contributed by atoms with Crippen LogP contribution in [0.4, 0.5) is 8.78 Å². The van der Waals surface area contributed by atoms with Crippen LogP contribution in [-0.2, 0) is 11.2 Å². The Morgan fingerprint density at radius 3 is 2.72 bits per heavy atom. The maximum Gasteiger partial charge on any atom is 0.280 e. The zero-order valence-corrected chi connectivity index (χ0v) is 15.5. The molecule has 29 heavy (non-hydrogen) atoms. The largest absolute Gasteiger partial charge is 0.369 e. The number of aryl methyl sites for hydroxylation is 1. The van der Waals surface area contributed by atoms with Crippen LogP contribution in [0.15, 0.2) is 54.9 Å². The number of amides is 1. The quantitative estimate of drug-likeness (QED) is 0.560. The third-order valence-corrected chi connectivity index (χ3v) is 4.52. The molecule has 146 valence electrons. The van der Waals surface area contributed by atoms with Gasteiger partial charge in [-0.1, -0.05) is 12.1 Å². The van der Waals surface area contributed by atoms with Crippen LogP contribution in [0.1, 0.15) is 23.5 Å². The third kappa shape index (κ3) is 3.69. The Labute approximate surface area is 165 Å². The summed E-state index contributed by atoms with van der Waals surface area (Å²) in [5.41, 5.74) is 9.48. The number of fused-ring (bicyclic) bond motifs is 1. The summed E-state index contributed by atoms with van der Waals surface area (Å²) in [5, 5.41) is 0. The Bertz CT molecular complexity index is 1220. The van der Waals surface area contributed by atoms with Crippen molar-refractivity contribution in [3.8, 4) is 22.5 Å². The van der Waals surface area contributed by atoms with Crippen molar-refractivity contribution < 1.29 is 13.6 Å². The lowest BCUT2D eigenvalue weighted by molar-refractivity contribution is -0.117. The summed E-state index contributed by atoms with van der Waals surface area (Å²) in [6.45, 7) is 1.83. The highest BCUT2D eigenvalue weighted by Gasteiger charge is 2.16. The van der Waals surface area contributed by atoms with E-state index < -0.39 is 12.3 Å². The highest BCUT2D eigenvalue weighted by molar-refractivity contribution is 5.80. The van der Waals surface area contributed by atoms with Gasteiger partial charge in [0.15, 0.2) is 0 Å². The first-order chi connectivity index (χ1) is 13.9. The fourth-order valence-electron chi connectivity index (χ4n) is 3.19. The standard InChI is InChI=1S/C21H17F2N5O/c1-12-5-7-15(20(26-12)16-3-2-4-17(27-16)21(22)23)13-6-8-19-25-10-14(9-18(24)29)28(19)11-13/h2-8,10-11,21H,9H2,1H3,(H2,24,29). The molecule has 1 amide bonds. The summed E-state index contributed by atoms with van der Waals surface area (Å²) >= 11 is 0. The van der Waals surface area contributed by atoms with Crippen molar-refractivity contribution in [3.63, 3.8) is 0 Å². The summed E-state index contributed by atoms with van der Waals surface area (Å²) in [4.78, 5) is 24.2. The molecule has 0 atom stereocenters. The topological polar surface area (TPSA) is 86.2 Å². The number of aromatic nitrogens is 4. The summed E-state index contributed by atoms with van der Waals surface area (Å²) in [7, 11) is 0. The van der Waals surface area contributed by atoms with Crippen LogP contribution in [0.3, 0.4) is 0 Å². The summed E-state index contributed by atoms with van der Waals surface area (Å²) in [6, 6.07) is 11.9. The van der Waals surface area contributed by atoms with Gasteiger partial charge in [-0.05, 0) is 37.3 Å². The van der Waals surface area contributed by atoms with Gasteiger partial charge >= 0.3 is 0 Å². The second kappa shape index (κ2) is 7.38. The number of pyridine rings is 3. The van der Waals surface area contributed by atoms with Crippen molar-refractivity contribution in [2.24, 2.45) is 5.73 Å². The van der Waals surface area contributed by atoms with Crippen LogP contribution in [0.2, 0.25) is 0 Å². The lowest BCUT2D eigenvalue weighted by atomic mass is 10.0. The molecule has 0 fully saturated rings. The van der Waals surface area contributed by atoms with Crippen LogP contribution in [0, 0.1) is 6.92 Å². The molecule has 0 aliphatic rings. The number of rotatable bonds is 5. The van der Waals surface area contributed by atoms with Crippen molar-refractivity contribution >= 4 is 11.6 Å². The van der Waals surface area contributed by atoms with Crippen LogP contribution in [0.5, 0.6) is 0 Å². The number of hydrogen-bond acceptors (Lipinski definition) is 4. The summed E-state index contributed by atoms with van der Waals surface area (Å²) in [6.07, 6.45) is 0.822. The van der Waals surface area contributed by atoms with E-state index in [1.54, 1.807) is 22.7 Å². The smallest absolute Gasteiger partial charge is 0.280 e. The van der Waals surface area contributed by atoms with Gasteiger partial charge in [-0.25, -0.2) is 18.7 Å². The van der Waals surface area contributed by atoms with Crippen LogP contribution in [-0.4, -0.2) is 25.3 Å². The van der Waals surface area contributed by atoms with Crippen molar-refractivity contribution in [2.75, 3.05) is 0 Å². The third-order valence-electron chi connectivity index (χ3n) is 4.52. The molecule has 0 unspecified atom stereocenters. The lowest BCUT2D eigenvalue weighted by Gasteiger charge is -2.12. The van der Waals surface area contributed by atoms with Gasteiger partial charge in [-0.3, -0.25) is 9.78 Å². The Kier molecular flexibility index (Phi) is 4.75. The van der Waals surface area contributed by atoms with Gasteiger partial charge in [0, 0.05) is 29.2 Å². The number of nitrogens with two attached hydrogens (primary N) is 1. The number of primary amides is 1. The Hall–Kier alpha value is -3.68. The molecule has 4 aromatic heterocycles. The van der Waals surface area contributed by atoms with Gasteiger partial charge < -0.3 is 10.1 Å². The number of halogens is 2. The molecule has 8 heteroatoms. The average molecular weight is 393 g/mol. The number of hydrogen-bond donors (Lipinski definition) is 1. The Morgan fingerprint density at radius 1 is 1.14 bits per heavy atom. The van der Waals surface area contributed by atoms with Crippen LogP contribution in [0.25, 0.3) is 28.2 Å². The second-order valence-corrected chi connectivity index (χ2v) is 6.64. The van der Waals surface area contributed by atoms with Gasteiger partial charge in [0.1, 0.15) is 11.3 Å². The molecule has 0 saturated carbocycles. The fourth-order valence-corrected chi connectivity index (χ4v) is 3.19. The summed E-state index contributed by atoms with van der Waals surface area (Å²) in [5.74, 6) is -0.456. The van der Waals surface area contributed by atoms with E-state index in [0.717, 1.165) is 16.8 Å². The van der Waals surface area contributed by atoms with Crippen molar-refractivity contribution in [3.05, 3.63) is 71.9 Å². The number of alkyl halides is 2. The lowest BCUT2D eigenvalue weighted by Crippen LogP contribution is -2.14. The Morgan fingerprint density at radius 2 is 1.97 bits per heavy atom. The van der Waals surface area contributed by atoms with E-state index in [1.807, 2.05) is 37.4 Å². The minimum atomic E-state index is -2.66. The second-order valence-electron chi connectivity index (χ2n) is 6.64. The molecule has 0 spiro atoms. The van der Waals surface area contributed by atoms with Gasteiger partial charge in [0.2, 0.25) is 5.91 Å². The first-order valence-corrected chi connectivity index (χ1v) is 8.90. The van der Waals surface area contributed by atoms with Gasteiger partial charge in [-0.15, -0.1) is 0 Å². The Balaban J connectivity index is 1.88. The molecule has 0 aliphatic carbocycles. The monoisotopic (exact) mass is 393 g/mol. The molecular formula is C21H17F2N5O. The predicted octanol–water partition coefficient (Wildman–Crippen LogP) is 3.73. The molecule has 4 aromatic rings. The molecule has 0 radical (unpaired) electrons. The number of carbonyl (C=O) groups is 1. The van der Waals surface area contributed by atoms with E-state index in [-0.39, 0.29) is 12.1 Å². The molecule has 2 N–H and O–H groups in total. The summed E-state index contributed by atoms with van der Waals surface area (Å²) < 4.78 is 28.0. The van der Waals surface area contributed by atoms with E-state index >= 15 is 0 Å². The van der Waals surface area contributed by atoms with E-state index in [9.17, 15) is 13.6 Å². The highest BCUT2D eigenvalue weighted by Crippen LogP contribution is 2.31. The minimum Gasteiger partial charge on any atom is -0.369 e. The first-order valence-electron chi connectivity index (χ1n) is 8.90. The van der Waals surface area contributed by atoms with Crippen molar-refractivity contribution in [2.45, 2.75) is 19.8 Å².